The van der Waals surface area contributed by atoms with Crippen molar-refractivity contribution < 1.29 is 37.3 Å². The number of carbonyl (C=O) groups excluding carboxylic acids is 1. The zero-order chi connectivity index (χ0) is 32.1. The molecule has 0 N–H and O–H groups in total. The van der Waals surface area contributed by atoms with Gasteiger partial charge in [0.1, 0.15) is 6.10 Å². The van der Waals surface area contributed by atoms with Gasteiger partial charge in [0.05, 0.1) is 33.9 Å². The molecule has 252 valence electrons. The van der Waals surface area contributed by atoms with Crippen molar-refractivity contribution in [1.82, 2.24) is 0 Å². The van der Waals surface area contributed by atoms with Crippen LogP contribution in [-0.2, 0) is 27.9 Å². The lowest BCUT2D eigenvalue weighted by Gasteiger charge is -2.31. The van der Waals surface area contributed by atoms with Crippen LogP contribution >= 0.6 is 7.82 Å². The average molecular weight is 638 g/mol. The van der Waals surface area contributed by atoms with Crippen molar-refractivity contribution in [3.63, 3.8) is 0 Å². The molecule has 1 heterocycles. The minimum Gasteiger partial charge on any atom is -0.746 e. The van der Waals surface area contributed by atoms with Gasteiger partial charge in [-0.3, -0.25) is 13.8 Å². The SMILES string of the molecule is CCCCCCCCCCCCCCCCOCC(COP(=O)([O-])OC(=C1CCC[N+]1(C)C)c1ccccc1)OC(=O)CC. The number of hydrogen-bond donors (Lipinski definition) is 0. The summed E-state index contributed by atoms with van der Waals surface area (Å²) in [7, 11) is -0.685. The summed E-state index contributed by atoms with van der Waals surface area (Å²) in [6, 6.07) is 9.23. The number of phosphoric ester groups is 1. The Morgan fingerprint density at radius 2 is 1.43 bits per heavy atom. The molecule has 1 aromatic rings. The highest BCUT2D eigenvalue weighted by atomic mass is 31.2. The third kappa shape index (κ3) is 16.0. The van der Waals surface area contributed by atoms with E-state index in [1.807, 2.05) is 44.4 Å². The molecule has 8 nitrogen and oxygen atoms in total. The molecule has 0 amide bonds. The van der Waals surface area contributed by atoms with Gasteiger partial charge in [-0.15, -0.1) is 0 Å². The number of carbonyl (C=O) groups is 1. The highest BCUT2D eigenvalue weighted by Gasteiger charge is 2.35. The number of benzene rings is 1. The second kappa shape index (κ2) is 21.9. The molecule has 0 saturated carbocycles. The topological polar surface area (TPSA) is 94.1 Å². The molecule has 1 aliphatic heterocycles. The zero-order valence-corrected chi connectivity index (χ0v) is 29.0. The van der Waals surface area contributed by atoms with E-state index < -0.39 is 19.9 Å². The number of allylic oxidation sites excluding steroid dienone is 1. The second-order valence-electron chi connectivity index (χ2n) is 12.6. The fourth-order valence-electron chi connectivity index (χ4n) is 5.64. The van der Waals surface area contributed by atoms with E-state index in [4.69, 9.17) is 18.5 Å². The van der Waals surface area contributed by atoms with Crippen LogP contribution in [0.5, 0.6) is 0 Å². The van der Waals surface area contributed by atoms with Crippen molar-refractivity contribution in [2.75, 3.05) is 40.5 Å². The van der Waals surface area contributed by atoms with Crippen LogP contribution in [0, 0.1) is 0 Å². The van der Waals surface area contributed by atoms with E-state index in [2.05, 4.69) is 6.92 Å². The smallest absolute Gasteiger partial charge is 0.320 e. The summed E-state index contributed by atoms with van der Waals surface area (Å²) in [5, 5.41) is 0. The molecule has 1 fully saturated rings. The van der Waals surface area contributed by atoms with E-state index >= 15 is 0 Å². The van der Waals surface area contributed by atoms with Gasteiger partial charge in [-0.05, 0) is 6.42 Å². The highest BCUT2D eigenvalue weighted by Crippen LogP contribution is 2.47. The molecule has 1 aliphatic rings. The number of rotatable bonds is 25. The number of nitrogens with zero attached hydrogens (tertiary/aromatic N) is 1. The molecule has 2 rings (SSSR count). The Morgan fingerprint density at radius 1 is 0.864 bits per heavy atom. The van der Waals surface area contributed by atoms with Crippen LogP contribution in [0.15, 0.2) is 36.0 Å². The number of quaternary nitrogens is 1. The Labute approximate surface area is 267 Å². The van der Waals surface area contributed by atoms with Crippen molar-refractivity contribution >= 4 is 19.6 Å². The largest absolute Gasteiger partial charge is 0.746 e. The average Bonchev–Trinajstić information content (AvgIpc) is 3.37. The quantitative estimate of drug-likeness (QED) is 0.0349. The van der Waals surface area contributed by atoms with E-state index in [0.29, 0.717) is 22.4 Å². The lowest BCUT2D eigenvalue weighted by Crippen LogP contribution is -2.35. The first-order valence-corrected chi connectivity index (χ1v) is 18.7. The van der Waals surface area contributed by atoms with E-state index in [1.54, 1.807) is 6.92 Å². The van der Waals surface area contributed by atoms with E-state index in [-0.39, 0.29) is 19.6 Å². The van der Waals surface area contributed by atoms with Gasteiger partial charge in [-0.25, -0.2) is 0 Å². The summed E-state index contributed by atoms with van der Waals surface area (Å²) >= 11 is 0. The fourth-order valence-corrected chi connectivity index (χ4v) is 6.48. The summed E-state index contributed by atoms with van der Waals surface area (Å²) in [5.41, 5.74) is 1.59. The normalized spacial score (nSPS) is 17.7. The number of hydrogen-bond acceptors (Lipinski definition) is 7. The maximum atomic E-state index is 13.0. The summed E-state index contributed by atoms with van der Waals surface area (Å²) in [4.78, 5) is 25.0. The van der Waals surface area contributed by atoms with E-state index in [9.17, 15) is 14.3 Å². The molecule has 44 heavy (non-hydrogen) atoms. The Bertz CT molecular complexity index is 998. The van der Waals surface area contributed by atoms with Crippen LogP contribution in [0.3, 0.4) is 0 Å². The Morgan fingerprint density at radius 3 is 1.95 bits per heavy atom. The molecule has 0 bridgehead atoms. The van der Waals surface area contributed by atoms with Crippen molar-refractivity contribution in [1.29, 1.82) is 0 Å². The van der Waals surface area contributed by atoms with Gasteiger partial charge in [-0.1, -0.05) is 128 Å². The summed E-state index contributed by atoms with van der Waals surface area (Å²) < 4.78 is 35.7. The number of unbranched alkanes of at least 4 members (excludes halogenated alkanes) is 13. The van der Waals surface area contributed by atoms with Crippen LogP contribution < -0.4 is 4.89 Å². The lowest BCUT2D eigenvalue weighted by molar-refractivity contribution is -0.842. The number of esters is 1. The predicted molar refractivity (Wildman–Crippen MR) is 176 cm³/mol. The Hall–Kier alpha value is -1.70. The molecule has 1 aromatic carbocycles. The third-order valence-electron chi connectivity index (χ3n) is 8.31. The maximum Gasteiger partial charge on any atom is 0.320 e. The Balaban J connectivity index is 1.72. The standard InChI is InChI=1S/C35H60NO7P/c1-5-7-8-9-10-11-12-13-14-15-16-17-18-22-28-40-29-32(42-34(37)6-2)30-41-44(38,39)43-35(31-24-20-19-21-25-31)33-26-23-27-36(33,3)4/h19-21,24-25,32H,5-18,22-23,26-30H2,1-4H3. The van der Waals surface area contributed by atoms with Gasteiger partial charge < -0.3 is 23.4 Å². The first kappa shape index (κ1) is 38.5. The van der Waals surface area contributed by atoms with Gasteiger partial charge in [0, 0.05) is 31.4 Å². The molecular formula is C35H60NO7P. The first-order chi connectivity index (χ1) is 21.2. The molecular weight excluding hydrogens is 577 g/mol. The first-order valence-electron chi connectivity index (χ1n) is 17.2. The Kier molecular flexibility index (Phi) is 19.2. The minimum atomic E-state index is -4.77. The number of likely N-dealkylation sites (tertiary alicyclic amines) is 1. The monoisotopic (exact) mass is 637 g/mol. The van der Waals surface area contributed by atoms with E-state index in [1.165, 1.54) is 77.0 Å². The van der Waals surface area contributed by atoms with Crippen molar-refractivity contribution in [3.05, 3.63) is 41.6 Å². The van der Waals surface area contributed by atoms with Crippen molar-refractivity contribution in [2.24, 2.45) is 0 Å². The summed E-state index contributed by atoms with van der Waals surface area (Å²) in [6.45, 7) is 5.09. The molecule has 0 aliphatic carbocycles. The maximum absolute atomic E-state index is 13.0. The van der Waals surface area contributed by atoms with Gasteiger partial charge in [0.15, 0.2) is 11.5 Å². The number of ether oxygens (including phenoxy) is 2. The van der Waals surface area contributed by atoms with Gasteiger partial charge in [-0.2, -0.15) is 0 Å². The molecule has 2 atom stereocenters. The molecule has 0 spiro atoms. The van der Waals surface area contributed by atoms with Gasteiger partial charge >= 0.3 is 13.8 Å². The predicted octanol–water partition coefficient (Wildman–Crippen LogP) is 8.55. The molecule has 2 unspecified atom stereocenters. The molecule has 0 aromatic heterocycles. The van der Waals surface area contributed by atoms with Gasteiger partial charge in [0.25, 0.3) is 0 Å². The number of phosphoric acid groups is 1. The lowest BCUT2D eigenvalue weighted by atomic mass is 10.0. The van der Waals surface area contributed by atoms with Crippen LogP contribution in [0.4, 0.5) is 0 Å². The second-order valence-corrected chi connectivity index (χ2v) is 14.0. The molecule has 0 radical (unpaired) electrons. The zero-order valence-electron chi connectivity index (χ0n) is 28.1. The summed E-state index contributed by atoms with van der Waals surface area (Å²) in [5.74, 6) is -0.125. The van der Waals surface area contributed by atoms with Crippen molar-refractivity contribution in [2.45, 2.75) is 129 Å². The molecule has 9 heteroatoms. The minimum absolute atomic E-state index is 0.0702. The van der Waals surface area contributed by atoms with Crippen LogP contribution in [0.1, 0.15) is 129 Å². The highest BCUT2D eigenvalue weighted by molar-refractivity contribution is 7.46. The summed E-state index contributed by atoms with van der Waals surface area (Å²) in [6.07, 6.45) is 19.0. The molecule has 1 saturated heterocycles. The van der Waals surface area contributed by atoms with Gasteiger partial charge in [0.2, 0.25) is 0 Å². The third-order valence-corrected chi connectivity index (χ3v) is 9.19. The fraction of sp³-hybridized carbons (Fsp3) is 0.743. The van der Waals surface area contributed by atoms with Crippen LogP contribution in [0.2, 0.25) is 0 Å². The van der Waals surface area contributed by atoms with Crippen LogP contribution in [-0.4, -0.2) is 57.0 Å². The van der Waals surface area contributed by atoms with Crippen molar-refractivity contribution in [3.8, 4) is 0 Å². The van der Waals surface area contributed by atoms with E-state index in [0.717, 1.165) is 37.9 Å². The van der Waals surface area contributed by atoms with Crippen LogP contribution in [0.25, 0.3) is 5.76 Å².